The molecule has 9 nitrogen and oxygen atoms in total. The van der Waals surface area contributed by atoms with Gasteiger partial charge in [-0.1, -0.05) is 6.07 Å². The molecule has 1 aliphatic rings. The fraction of sp³-hybridized carbons (Fsp3) is 0.167. The van der Waals surface area contributed by atoms with E-state index in [2.05, 4.69) is 5.10 Å². The summed E-state index contributed by atoms with van der Waals surface area (Å²) in [5.74, 6) is -1.58. The summed E-state index contributed by atoms with van der Waals surface area (Å²) in [6, 6.07) is 7.01. The van der Waals surface area contributed by atoms with Crippen LogP contribution in [0.2, 0.25) is 0 Å². The Morgan fingerprint density at radius 2 is 2.29 bits per heavy atom. The lowest BCUT2D eigenvalue weighted by molar-refractivity contribution is -0.384. The van der Waals surface area contributed by atoms with Gasteiger partial charge in [0.15, 0.2) is 5.71 Å². The van der Waals surface area contributed by atoms with E-state index >= 15 is 0 Å². The first-order chi connectivity index (χ1) is 9.99. The van der Waals surface area contributed by atoms with Crippen LogP contribution in [0.1, 0.15) is 0 Å². The standard InChI is InChI=1S/C12H10N6O3/c13-5-9-11(15)10(6-14)16-17(12(9)19)7-2-1-3-8(4-7)18(20)21/h1-4,9,15H,5,13H2. The first-order valence-electron chi connectivity index (χ1n) is 5.85. The number of nitrogens with one attached hydrogen (secondary N) is 1. The molecule has 1 aromatic rings. The second-order valence-corrected chi connectivity index (χ2v) is 4.19. The third-order valence-corrected chi connectivity index (χ3v) is 2.94. The van der Waals surface area contributed by atoms with Crippen LogP contribution in [0, 0.1) is 32.8 Å². The highest BCUT2D eigenvalue weighted by molar-refractivity contribution is 6.52. The maximum Gasteiger partial charge on any atom is 0.271 e. The van der Waals surface area contributed by atoms with Crippen molar-refractivity contribution < 1.29 is 9.72 Å². The molecule has 1 heterocycles. The summed E-state index contributed by atoms with van der Waals surface area (Å²) in [5, 5.41) is 32.1. The van der Waals surface area contributed by atoms with Crippen LogP contribution >= 0.6 is 0 Å². The van der Waals surface area contributed by atoms with Gasteiger partial charge in [0, 0.05) is 18.7 Å². The summed E-state index contributed by atoms with van der Waals surface area (Å²) in [4.78, 5) is 22.4. The topological polar surface area (TPSA) is 149 Å². The van der Waals surface area contributed by atoms with E-state index in [0.717, 1.165) is 5.01 Å². The number of nitro benzene ring substituents is 1. The van der Waals surface area contributed by atoms with Crippen molar-refractivity contribution in [1.82, 2.24) is 0 Å². The van der Waals surface area contributed by atoms with Crippen LogP contribution < -0.4 is 10.7 Å². The number of non-ortho nitro benzene ring substituents is 1. The SMILES string of the molecule is N#CC1=NN(c2cccc([N+](=O)[O-])c2)C(=O)C(CN)C1=N. The highest BCUT2D eigenvalue weighted by Crippen LogP contribution is 2.25. The zero-order chi connectivity index (χ0) is 15.6. The average molecular weight is 286 g/mol. The largest absolute Gasteiger partial charge is 0.329 e. The zero-order valence-corrected chi connectivity index (χ0v) is 10.7. The van der Waals surface area contributed by atoms with E-state index < -0.39 is 16.7 Å². The first kappa shape index (κ1) is 14.3. The van der Waals surface area contributed by atoms with E-state index in [0.29, 0.717) is 0 Å². The summed E-state index contributed by atoms with van der Waals surface area (Å²) in [6.45, 7) is -0.149. The molecule has 9 heteroatoms. The van der Waals surface area contributed by atoms with Gasteiger partial charge in [-0.2, -0.15) is 15.4 Å². The van der Waals surface area contributed by atoms with Gasteiger partial charge in [-0.15, -0.1) is 0 Å². The number of hydrogen-bond acceptors (Lipinski definition) is 7. The smallest absolute Gasteiger partial charge is 0.271 e. The summed E-state index contributed by atoms with van der Waals surface area (Å²) in [6.07, 6.45) is 0. The molecule has 1 aromatic carbocycles. The number of nitriles is 1. The number of nitrogens with two attached hydrogens (primary N) is 1. The molecule has 0 saturated carbocycles. The van der Waals surface area contributed by atoms with Gasteiger partial charge >= 0.3 is 0 Å². The van der Waals surface area contributed by atoms with Gasteiger partial charge in [0.25, 0.3) is 11.6 Å². The van der Waals surface area contributed by atoms with E-state index in [4.69, 9.17) is 16.4 Å². The lowest BCUT2D eigenvalue weighted by Crippen LogP contribution is -2.47. The van der Waals surface area contributed by atoms with Crippen molar-refractivity contribution >= 4 is 28.7 Å². The van der Waals surface area contributed by atoms with Gasteiger partial charge in [-0.3, -0.25) is 14.9 Å². The molecular weight excluding hydrogens is 276 g/mol. The van der Waals surface area contributed by atoms with Gasteiger partial charge in [-0.05, 0) is 6.07 Å². The average Bonchev–Trinajstić information content (AvgIpc) is 2.48. The van der Waals surface area contributed by atoms with E-state index in [-0.39, 0.29) is 29.3 Å². The van der Waals surface area contributed by atoms with Crippen molar-refractivity contribution in [1.29, 1.82) is 10.7 Å². The fourth-order valence-electron chi connectivity index (χ4n) is 1.86. The van der Waals surface area contributed by atoms with E-state index in [1.165, 1.54) is 24.3 Å². The fourth-order valence-corrected chi connectivity index (χ4v) is 1.86. The van der Waals surface area contributed by atoms with Gasteiger partial charge in [0.05, 0.1) is 22.2 Å². The van der Waals surface area contributed by atoms with E-state index in [1.807, 2.05) is 0 Å². The minimum absolute atomic E-state index is 0.146. The Morgan fingerprint density at radius 3 is 2.86 bits per heavy atom. The number of nitrogens with zero attached hydrogens (tertiary/aromatic N) is 4. The molecule has 0 fully saturated rings. The Morgan fingerprint density at radius 1 is 1.57 bits per heavy atom. The van der Waals surface area contributed by atoms with Crippen molar-refractivity contribution in [2.24, 2.45) is 16.8 Å². The predicted molar refractivity (Wildman–Crippen MR) is 73.9 cm³/mol. The van der Waals surface area contributed by atoms with Crippen molar-refractivity contribution in [2.45, 2.75) is 0 Å². The Bertz CT molecular complexity index is 705. The number of benzene rings is 1. The van der Waals surface area contributed by atoms with Crippen LogP contribution in [-0.2, 0) is 4.79 Å². The zero-order valence-electron chi connectivity index (χ0n) is 10.7. The molecule has 21 heavy (non-hydrogen) atoms. The Balaban J connectivity index is 2.52. The maximum atomic E-state index is 12.2. The first-order valence-corrected chi connectivity index (χ1v) is 5.85. The van der Waals surface area contributed by atoms with Gasteiger partial charge in [-0.25, -0.2) is 0 Å². The van der Waals surface area contributed by atoms with Crippen LogP contribution in [-0.4, -0.2) is 28.8 Å². The molecule has 0 aromatic heterocycles. The quantitative estimate of drug-likeness (QED) is 0.609. The summed E-state index contributed by atoms with van der Waals surface area (Å²) >= 11 is 0. The minimum atomic E-state index is -0.989. The highest BCUT2D eigenvalue weighted by atomic mass is 16.6. The molecule has 1 atom stereocenters. The number of hydrazone groups is 1. The molecule has 106 valence electrons. The molecule has 0 saturated heterocycles. The van der Waals surface area contributed by atoms with E-state index in [9.17, 15) is 14.9 Å². The third-order valence-electron chi connectivity index (χ3n) is 2.94. The summed E-state index contributed by atoms with van der Waals surface area (Å²) in [7, 11) is 0. The molecule has 1 amide bonds. The third kappa shape index (κ3) is 2.47. The van der Waals surface area contributed by atoms with Crippen molar-refractivity contribution in [2.75, 3.05) is 11.6 Å². The number of anilines is 1. The molecular formula is C12H10N6O3. The lowest BCUT2D eigenvalue weighted by Gasteiger charge is -2.27. The van der Waals surface area contributed by atoms with Crippen LogP contribution in [0.4, 0.5) is 11.4 Å². The molecule has 1 unspecified atom stereocenters. The minimum Gasteiger partial charge on any atom is -0.329 e. The Hall–Kier alpha value is -3.12. The Labute approximate surface area is 118 Å². The van der Waals surface area contributed by atoms with Gasteiger partial charge < -0.3 is 11.1 Å². The van der Waals surface area contributed by atoms with Gasteiger partial charge in [0.2, 0.25) is 0 Å². The molecule has 0 aliphatic carbocycles. The number of carbonyl (C=O) groups is 1. The summed E-state index contributed by atoms with van der Waals surface area (Å²) in [5.41, 5.74) is 4.91. The molecule has 0 spiro atoms. The van der Waals surface area contributed by atoms with E-state index in [1.54, 1.807) is 6.07 Å². The van der Waals surface area contributed by atoms with Crippen LogP contribution in [0.25, 0.3) is 0 Å². The number of hydrogen-bond donors (Lipinski definition) is 2. The molecule has 0 bridgehead atoms. The molecule has 3 N–H and O–H groups in total. The van der Waals surface area contributed by atoms with Crippen molar-refractivity contribution in [3.8, 4) is 6.07 Å². The van der Waals surface area contributed by atoms with Crippen LogP contribution in [0.15, 0.2) is 29.4 Å². The molecule has 2 rings (SSSR count). The second-order valence-electron chi connectivity index (χ2n) is 4.19. The summed E-state index contributed by atoms with van der Waals surface area (Å²) < 4.78 is 0. The molecule has 1 aliphatic heterocycles. The van der Waals surface area contributed by atoms with Crippen LogP contribution in [0.5, 0.6) is 0 Å². The number of nitro groups is 1. The molecule has 0 radical (unpaired) electrons. The number of amides is 1. The van der Waals surface area contributed by atoms with Crippen LogP contribution in [0.3, 0.4) is 0 Å². The van der Waals surface area contributed by atoms with Crippen molar-refractivity contribution in [3.63, 3.8) is 0 Å². The number of rotatable bonds is 3. The maximum absolute atomic E-state index is 12.2. The van der Waals surface area contributed by atoms with Gasteiger partial charge in [0.1, 0.15) is 6.07 Å². The number of carbonyl (C=O) groups excluding carboxylic acids is 1. The highest BCUT2D eigenvalue weighted by Gasteiger charge is 2.36. The normalized spacial score (nSPS) is 18.2. The van der Waals surface area contributed by atoms with Crippen molar-refractivity contribution in [3.05, 3.63) is 34.4 Å². The monoisotopic (exact) mass is 286 g/mol. The second kappa shape index (κ2) is 5.48. The predicted octanol–water partition coefficient (Wildman–Crippen LogP) is 0.416. The lowest BCUT2D eigenvalue weighted by atomic mass is 9.97. The Kier molecular flexibility index (Phi) is 3.73.